The van der Waals surface area contributed by atoms with Crippen LogP contribution in [0.25, 0.3) is 0 Å². The molecule has 0 aromatic rings. The van der Waals surface area contributed by atoms with Crippen LogP contribution in [0.15, 0.2) is 0 Å². The Morgan fingerprint density at radius 3 is 2.07 bits per heavy atom. The van der Waals surface area contributed by atoms with Gasteiger partial charge in [-0.3, -0.25) is 0 Å². The second-order valence-corrected chi connectivity index (χ2v) is 9.62. The fourth-order valence-electron chi connectivity index (χ4n) is 5.26. The molecule has 0 saturated heterocycles. The quantitative estimate of drug-likeness (QED) is 0.326. The highest BCUT2D eigenvalue weighted by molar-refractivity contribution is 5.01. The first-order valence-electron chi connectivity index (χ1n) is 12.2. The third-order valence-electron chi connectivity index (χ3n) is 7.39. The molecule has 0 spiro atoms. The fraction of sp³-hybridized carbons (Fsp3) is 0.960. The highest BCUT2D eigenvalue weighted by Gasteiger charge is 2.35. The van der Waals surface area contributed by atoms with Crippen molar-refractivity contribution in [3.8, 4) is 6.07 Å². The van der Waals surface area contributed by atoms with Crippen molar-refractivity contribution in [2.45, 2.75) is 129 Å². The molecule has 0 amide bonds. The molecule has 0 unspecified atom stereocenters. The highest BCUT2D eigenvalue weighted by Crippen LogP contribution is 2.41. The summed E-state index contributed by atoms with van der Waals surface area (Å²) in [6.07, 6.45) is 22.2. The second-order valence-electron chi connectivity index (χ2n) is 9.62. The Morgan fingerprint density at radius 1 is 0.815 bits per heavy atom. The largest absolute Gasteiger partial charge is 0.378 e. The van der Waals surface area contributed by atoms with Crippen LogP contribution >= 0.6 is 0 Å². The molecule has 2 aliphatic carbocycles. The molecule has 2 saturated carbocycles. The minimum Gasteiger partial charge on any atom is -0.378 e. The van der Waals surface area contributed by atoms with Crippen molar-refractivity contribution < 1.29 is 4.74 Å². The Bertz CT molecular complexity index is 411. The third-order valence-corrected chi connectivity index (χ3v) is 7.39. The van der Waals surface area contributed by atoms with E-state index in [1.54, 1.807) is 0 Å². The molecule has 2 rings (SSSR count). The molecular formula is C25H45NO. The van der Waals surface area contributed by atoms with Gasteiger partial charge < -0.3 is 4.74 Å². The topological polar surface area (TPSA) is 33.0 Å². The molecule has 2 nitrogen and oxygen atoms in total. The molecule has 0 aliphatic heterocycles. The first kappa shape index (κ1) is 22.7. The van der Waals surface area contributed by atoms with Gasteiger partial charge in [-0.2, -0.15) is 5.26 Å². The summed E-state index contributed by atoms with van der Waals surface area (Å²) in [5, 5.41) is 9.73. The smallest absolute Gasteiger partial charge is 0.0689 e. The van der Waals surface area contributed by atoms with Gasteiger partial charge in [-0.15, -0.1) is 0 Å². The van der Waals surface area contributed by atoms with Crippen LogP contribution in [-0.4, -0.2) is 12.7 Å². The van der Waals surface area contributed by atoms with Crippen molar-refractivity contribution in [3.05, 3.63) is 0 Å². The number of nitriles is 1. The Morgan fingerprint density at radius 2 is 1.44 bits per heavy atom. The maximum absolute atomic E-state index is 9.73. The van der Waals surface area contributed by atoms with E-state index in [9.17, 15) is 5.26 Å². The van der Waals surface area contributed by atoms with Crippen molar-refractivity contribution in [2.75, 3.05) is 6.61 Å². The molecular weight excluding hydrogens is 330 g/mol. The molecule has 27 heavy (non-hydrogen) atoms. The monoisotopic (exact) mass is 375 g/mol. The van der Waals surface area contributed by atoms with E-state index in [1.807, 2.05) is 0 Å². The lowest BCUT2D eigenvalue weighted by atomic mass is 9.71. The fourth-order valence-corrected chi connectivity index (χ4v) is 5.26. The van der Waals surface area contributed by atoms with Crippen molar-refractivity contribution in [3.63, 3.8) is 0 Å². The summed E-state index contributed by atoms with van der Waals surface area (Å²) >= 11 is 0. The van der Waals surface area contributed by atoms with Crippen LogP contribution in [-0.2, 0) is 4.74 Å². The van der Waals surface area contributed by atoms with E-state index in [4.69, 9.17) is 4.74 Å². The van der Waals surface area contributed by atoms with Gasteiger partial charge in [0.15, 0.2) is 0 Å². The van der Waals surface area contributed by atoms with E-state index in [0.29, 0.717) is 6.10 Å². The molecule has 2 fully saturated rings. The van der Waals surface area contributed by atoms with E-state index in [1.165, 1.54) is 77.0 Å². The number of hydrogen-bond acceptors (Lipinski definition) is 2. The number of hydrogen-bond donors (Lipinski definition) is 0. The molecule has 0 bridgehead atoms. The van der Waals surface area contributed by atoms with Crippen molar-refractivity contribution in [1.82, 2.24) is 0 Å². The molecule has 0 N–H and O–H groups in total. The zero-order valence-corrected chi connectivity index (χ0v) is 18.3. The second kappa shape index (κ2) is 12.8. The maximum atomic E-state index is 9.73. The number of nitrogens with zero attached hydrogens (tertiary/aromatic N) is 1. The average Bonchev–Trinajstić information content (AvgIpc) is 2.72. The molecule has 2 aliphatic rings. The van der Waals surface area contributed by atoms with E-state index in [2.05, 4.69) is 19.9 Å². The Kier molecular flexibility index (Phi) is 10.8. The predicted molar refractivity (Wildman–Crippen MR) is 115 cm³/mol. The molecule has 0 heterocycles. The minimum atomic E-state index is -0.0375. The van der Waals surface area contributed by atoms with E-state index in [-0.39, 0.29) is 5.41 Å². The van der Waals surface area contributed by atoms with Gasteiger partial charge in [-0.1, -0.05) is 78.1 Å². The molecule has 2 heteroatoms. The van der Waals surface area contributed by atoms with Gasteiger partial charge >= 0.3 is 0 Å². The first-order valence-corrected chi connectivity index (χ1v) is 12.2. The molecule has 0 atom stereocenters. The van der Waals surface area contributed by atoms with Gasteiger partial charge in [-0.25, -0.2) is 0 Å². The van der Waals surface area contributed by atoms with Crippen LogP contribution in [0.5, 0.6) is 0 Å². The maximum Gasteiger partial charge on any atom is 0.0689 e. The summed E-state index contributed by atoms with van der Waals surface area (Å²) in [5.41, 5.74) is -0.0375. The summed E-state index contributed by atoms with van der Waals surface area (Å²) < 4.78 is 6.33. The van der Waals surface area contributed by atoms with Gasteiger partial charge in [0.2, 0.25) is 0 Å². The van der Waals surface area contributed by atoms with Gasteiger partial charge in [0, 0.05) is 6.61 Å². The van der Waals surface area contributed by atoms with Gasteiger partial charge in [-0.05, 0) is 56.8 Å². The summed E-state index contributed by atoms with van der Waals surface area (Å²) in [6, 6.07) is 2.69. The number of ether oxygens (including phenoxy) is 1. The summed E-state index contributed by atoms with van der Waals surface area (Å²) in [4.78, 5) is 0. The third kappa shape index (κ3) is 8.15. The van der Waals surface area contributed by atoms with Crippen LogP contribution < -0.4 is 0 Å². The standard InChI is InChI=1S/C25H45NO/c1-3-5-7-9-17-25(21-26)18-15-24(16-19-25)27-20-23-13-11-22(12-14-23)10-8-6-4-2/h22-24H,3-20H2,1-2H3/t22-,23-,24-,25-. The number of rotatable bonds is 12. The van der Waals surface area contributed by atoms with E-state index < -0.39 is 0 Å². The Balaban J connectivity index is 1.59. The summed E-state index contributed by atoms with van der Waals surface area (Å²) in [5.74, 6) is 1.79. The highest BCUT2D eigenvalue weighted by atomic mass is 16.5. The Labute approximate surface area is 169 Å². The first-order chi connectivity index (χ1) is 13.2. The molecule has 0 aromatic heterocycles. The van der Waals surface area contributed by atoms with Crippen LogP contribution in [0, 0.1) is 28.6 Å². The van der Waals surface area contributed by atoms with Gasteiger partial charge in [0.25, 0.3) is 0 Å². The zero-order chi connectivity index (χ0) is 19.4. The molecule has 0 aromatic carbocycles. The van der Waals surface area contributed by atoms with Gasteiger partial charge in [0.1, 0.15) is 0 Å². The lowest BCUT2D eigenvalue weighted by Crippen LogP contribution is -2.31. The zero-order valence-electron chi connectivity index (χ0n) is 18.3. The molecule has 156 valence electrons. The number of unbranched alkanes of at least 4 members (excludes halogenated alkanes) is 5. The van der Waals surface area contributed by atoms with Crippen LogP contribution in [0.1, 0.15) is 123 Å². The lowest BCUT2D eigenvalue weighted by Gasteiger charge is -2.36. The minimum absolute atomic E-state index is 0.0375. The van der Waals surface area contributed by atoms with Crippen LogP contribution in [0.4, 0.5) is 0 Å². The van der Waals surface area contributed by atoms with Crippen LogP contribution in [0.2, 0.25) is 0 Å². The van der Waals surface area contributed by atoms with Crippen molar-refractivity contribution >= 4 is 0 Å². The van der Waals surface area contributed by atoms with E-state index >= 15 is 0 Å². The van der Waals surface area contributed by atoms with E-state index in [0.717, 1.165) is 50.5 Å². The average molecular weight is 376 g/mol. The predicted octanol–water partition coefficient (Wildman–Crippen LogP) is 7.81. The van der Waals surface area contributed by atoms with Crippen molar-refractivity contribution in [2.24, 2.45) is 17.3 Å². The van der Waals surface area contributed by atoms with Crippen molar-refractivity contribution in [1.29, 1.82) is 5.26 Å². The summed E-state index contributed by atoms with van der Waals surface area (Å²) in [7, 11) is 0. The summed E-state index contributed by atoms with van der Waals surface area (Å²) in [6.45, 7) is 5.52. The normalized spacial score (nSPS) is 31.5. The molecule has 0 radical (unpaired) electrons. The van der Waals surface area contributed by atoms with Gasteiger partial charge in [0.05, 0.1) is 17.6 Å². The lowest BCUT2D eigenvalue weighted by molar-refractivity contribution is -0.0185. The SMILES string of the molecule is CCCCCC[C@]1(C#N)CC[C@H](OC[C@H]2CC[C@H](CCCCC)CC2)CC1. The van der Waals surface area contributed by atoms with Crippen LogP contribution in [0.3, 0.4) is 0 Å². The Hall–Kier alpha value is -0.550.